The number of nitrogens with one attached hydrogen (secondary N) is 1. The lowest BCUT2D eigenvalue weighted by Gasteiger charge is -2.45. The molecular formula is C55H42N2. The summed E-state index contributed by atoms with van der Waals surface area (Å²) in [6.07, 6.45) is 2.30. The SMILES string of the molecule is C=C(NC(/C=C(\C)c1ccccc1)c1ccccc1)c1cccc(-c2ccc3c(c2)-c2ccccc2C32c3ccccc3N(c3ccccc3)c3ccccc32)c1. The van der Waals surface area contributed by atoms with Crippen molar-refractivity contribution < 1.29 is 0 Å². The highest BCUT2D eigenvalue weighted by molar-refractivity contribution is 5.96. The molecule has 1 spiro atoms. The topological polar surface area (TPSA) is 15.3 Å². The molecule has 1 atom stereocenters. The van der Waals surface area contributed by atoms with Crippen molar-refractivity contribution in [2.45, 2.75) is 18.4 Å². The van der Waals surface area contributed by atoms with Gasteiger partial charge in [0.1, 0.15) is 0 Å². The van der Waals surface area contributed by atoms with Crippen LogP contribution in [0.25, 0.3) is 33.5 Å². The van der Waals surface area contributed by atoms with Crippen LogP contribution >= 0.6 is 0 Å². The van der Waals surface area contributed by atoms with Gasteiger partial charge in [-0.05, 0) is 110 Å². The zero-order valence-corrected chi connectivity index (χ0v) is 31.9. The summed E-state index contributed by atoms with van der Waals surface area (Å²) < 4.78 is 0. The van der Waals surface area contributed by atoms with E-state index in [2.05, 4.69) is 236 Å². The molecule has 1 N–H and O–H groups in total. The predicted molar refractivity (Wildman–Crippen MR) is 239 cm³/mol. The fraction of sp³-hybridized carbons (Fsp3) is 0.0545. The maximum atomic E-state index is 4.58. The van der Waals surface area contributed by atoms with E-state index in [1.807, 2.05) is 0 Å². The van der Waals surface area contributed by atoms with Crippen molar-refractivity contribution in [2.24, 2.45) is 0 Å². The van der Waals surface area contributed by atoms with Crippen LogP contribution in [0.4, 0.5) is 17.1 Å². The van der Waals surface area contributed by atoms with Crippen LogP contribution in [0.3, 0.4) is 0 Å². The number of hydrogen-bond donors (Lipinski definition) is 1. The molecule has 8 aromatic carbocycles. The van der Waals surface area contributed by atoms with Crippen LogP contribution in [-0.4, -0.2) is 0 Å². The van der Waals surface area contributed by atoms with Gasteiger partial charge in [0.25, 0.3) is 0 Å². The first-order valence-corrected chi connectivity index (χ1v) is 19.7. The maximum Gasteiger partial charge on any atom is 0.0754 e. The Balaban J connectivity index is 1.06. The molecule has 0 amide bonds. The smallest absolute Gasteiger partial charge is 0.0754 e. The molecule has 0 bridgehead atoms. The third-order valence-electron chi connectivity index (χ3n) is 11.8. The van der Waals surface area contributed by atoms with Crippen LogP contribution in [0.5, 0.6) is 0 Å². The summed E-state index contributed by atoms with van der Waals surface area (Å²) in [7, 11) is 0. The quantitative estimate of drug-likeness (QED) is 0.167. The van der Waals surface area contributed by atoms with Gasteiger partial charge < -0.3 is 10.2 Å². The lowest BCUT2D eigenvalue weighted by molar-refractivity contribution is 0.753. The van der Waals surface area contributed by atoms with Crippen molar-refractivity contribution in [3.05, 3.63) is 258 Å². The third kappa shape index (κ3) is 5.72. The van der Waals surface area contributed by atoms with Crippen LogP contribution in [-0.2, 0) is 5.41 Å². The van der Waals surface area contributed by atoms with E-state index >= 15 is 0 Å². The Morgan fingerprint density at radius 1 is 0.509 bits per heavy atom. The van der Waals surface area contributed by atoms with E-state index in [1.54, 1.807) is 0 Å². The van der Waals surface area contributed by atoms with Crippen LogP contribution in [0.2, 0.25) is 0 Å². The molecular weight excluding hydrogens is 689 g/mol. The first kappa shape index (κ1) is 34.3. The molecule has 2 nitrogen and oxygen atoms in total. The Morgan fingerprint density at radius 2 is 1.05 bits per heavy atom. The Morgan fingerprint density at radius 3 is 1.75 bits per heavy atom. The van der Waals surface area contributed by atoms with Gasteiger partial charge in [0.15, 0.2) is 0 Å². The van der Waals surface area contributed by atoms with Crippen molar-refractivity contribution in [3.63, 3.8) is 0 Å². The number of benzene rings is 8. The second kappa shape index (κ2) is 14.2. The number of allylic oxidation sites excluding steroid dienone is 1. The van der Waals surface area contributed by atoms with Crippen molar-refractivity contribution in [1.29, 1.82) is 0 Å². The van der Waals surface area contributed by atoms with Crippen molar-refractivity contribution in [2.75, 3.05) is 4.90 Å². The molecule has 1 aliphatic heterocycles. The second-order valence-corrected chi connectivity index (χ2v) is 15.1. The minimum absolute atomic E-state index is 0.0469. The summed E-state index contributed by atoms with van der Waals surface area (Å²) in [4.78, 5) is 2.43. The van der Waals surface area contributed by atoms with Crippen LogP contribution in [0, 0.1) is 0 Å². The van der Waals surface area contributed by atoms with Gasteiger partial charge in [-0.2, -0.15) is 0 Å². The molecule has 272 valence electrons. The molecule has 10 rings (SSSR count). The van der Waals surface area contributed by atoms with Crippen LogP contribution < -0.4 is 10.2 Å². The maximum absolute atomic E-state index is 4.58. The summed E-state index contributed by atoms with van der Waals surface area (Å²) in [5, 5.41) is 3.78. The zero-order chi connectivity index (χ0) is 38.3. The summed E-state index contributed by atoms with van der Waals surface area (Å²) in [6.45, 7) is 6.75. The summed E-state index contributed by atoms with van der Waals surface area (Å²) in [5.41, 5.74) is 18.8. The Hall–Kier alpha value is -7.16. The van der Waals surface area contributed by atoms with Crippen LogP contribution in [0.15, 0.2) is 219 Å². The van der Waals surface area contributed by atoms with E-state index in [-0.39, 0.29) is 6.04 Å². The van der Waals surface area contributed by atoms with E-state index < -0.39 is 5.41 Å². The Kier molecular flexibility index (Phi) is 8.53. The number of nitrogens with zero attached hydrogens (tertiary/aromatic N) is 1. The van der Waals surface area contributed by atoms with E-state index in [1.165, 1.54) is 67.0 Å². The number of fused-ring (bicyclic) bond motifs is 9. The molecule has 0 saturated heterocycles. The number of para-hydroxylation sites is 3. The van der Waals surface area contributed by atoms with Crippen molar-refractivity contribution >= 4 is 28.3 Å². The number of hydrogen-bond acceptors (Lipinski definition) is 2. The molecule has 8 aromatic rings. The molecule has 2 aliphatic rings. The van der Waals surface area contributed by atoms with Crippen molar-refractivity contribution in [1.82, 2.24) is 5.32 Å². The molecule has 1 heterocycles. The molecule has 2 heteroatoms. The van der Waals surface area contributed by atoms with E-state index in [0.29, 0.717) is 0 Å². The molecule has 1 aliphatic carbocycles. The standard InChI is InChI=1S/C55H42N2/c1-38(40-19-6-3-7-20-40)35-52(41-21-8-4-9-22-41)56-39(2)42-23-18-24-43(36-42)44-33-34-49-47(37-44)46-27-12-13-28-48(46)55(49)50-29-14-16-31-53(50)57(45-25-10-5-11-26-45)54-32-17-15-30-51(54)55/h3-37,52,56H,2H2,1H3/b38-35+. The van der Waals surface area contributed by atoms with E-state index in [9.17, 15) is 0 Å². The third-order valence-corrected chi connectivity index (χ3v) is 11.8. The summed E-state index contributed by atoms with van der Waals surface area (Å²) >= 11 is 0. The minimum Gasteiger partial charge on any atom is -0.375 e. The van der Waals surface area contributed by atoms with Gasteiger partial charge >= 0.3 is 0 Å². The van der Waals surface area contributed by atoms with Gasteiger partial charge in [0, 0.05) is 11.4 Å². The predicted octanol–water partition coefficient (Wildman–Crippen LogP) is 13.9. The molecule has 0 radical (unpaired) electrons. The largest absolute Gasteiger partial charge is 0.375 e. The molecule has 0 fully saturated rings. The average molecular weight is 731 g/mol. The van der Waals surface area contributed by atoms with Gasteiger partial charge in [-0.1, -0.05) is 183 Å². The first-order valence-electron chi connectivity index (χ1n) is 19.7. The average Bonchev–Trinajstić information content (AvgIpc) is 3.57. The summed E-state index contributed by atoms with van der Waals surface area (Å²) in [6, 6.07) is 74.7. The number of rotatable bonds is 8. The molecule has 1 unspecified atom stereocenters. The fourth-order valence-corrected chi connectivity index (χ4v) is 9.23. The Bertz CT molecular complexity index is 2750. The molecule has 0 saturated carbocycles. The van der Waals surface area contributed by atoms with Crippen molar-refractivity contribution in [3.8, 4) is 22.3 Å². The van der Waals surface area contributed by atoms with E-state index in [4.69, 9.17) is 0 Å². The van der Waals surface area contributed by atoms with Crippen LogP contribution in [0.1, 0.15) is 51.9 Å². The highest BCUT2D eigenvalue weighted by Crippen LogP contribution is 2.63. The van der Waals surface area contributed by atoms with E-state index in [0.717, 1.165) is 22.5 Å². The van der Waals surface area contributed by atoms with Gasteiger partial charge in [0.05, 0.1) is 22.8 Å². The molecule has 0 aromatic heterocycles. The normalized spacial score (nSPS) is 13.9. The van der Waals surface area contributed by atoms with Gasteiger partial charge in [0.2, 0.25) is 0 Å². The Labute approximate surface area is 335 Å². The zero-order valence-electron chi connectivity index (χ0n) is 31.9. The number of anilines is 3. The van der Waals surface area contributed by atoms with Gasteiger partial charge in [-0.25, -0.2) is 0 Å². The highest BCUT2D eigenvalue weighted by Gasteiger charge is 2.51. The van der Waals surface area contributed by atoms with Gasteiger partial charge in [-0.3, -0.25) is 0 Å². The molecule has 57 heavy (non-hydrogen) atoms. The lowest BCUT2D eigenvalue weighted by atomic mass is 9.64. The summed E-state index contributed by atoms with van der Waals surface area (Å²) in [5.74, 6) is 0. The highest BCUT2D eigenvalue weighted by atomic mass is 15.2. The second-order valence-electron chi connectivity index (χ2n) is 15.1. The minimum atomic E-state index is -0.471. The first-order chi connectivity index (χ1) is 28.1. The monoisotopic (exact) mass is 730 g/mol. The lowest BCUT2D eigenvalue weighted by Crippen LogP contribution is -2.36. The van der Waals surface area contributed by atoms with Gasteiger partial charge in [-0.15, -0.1) is 0 Å². The fourth-order valence-electron chi connectivity index (χ4n) is 9.23.